The molecule has 6 nitrogen and oxygen atoms in total. The number of rotatable bonds is 5. The van der Waals surface area contributed by atoms with Crippen LogP contribution in [0.4, 0.5) is 0 Å². The molecule has 8 heteroatoms. The quantitative estimate of drug-likeness (QED) is 0.636. The third-order valence-corrected chi connectivity index (χ3v) is 3.72. The Morgan fingerprint density at radius 2 is 1.47 bits per heavy atom. The Labute approximate surface area is 114 Å². The molecule has 0 bridgehead atoms. The van der Waals surface area contributed by atoms with Gasteiger partial charge in [-0.1, -0.05) is 38.0 Å². The molecule has 0 fully saturated rings. The zero-order valence-corrected chi connectivity index (χ0v) is 12.2. The van der Waals surface area contributed by atoms with Crippen LogP contribution in [0, 0.1) is 0 Å². The van der Waals surface area contributed by atoms with E-state index in [0.717, 1.165) is 12.8 Å². The SMILES string of the molecule is CCCCCS(=O)(=O)O.O=S(=O)(O)c1ccccc1. The summed E-state index contributed by atoms with van der Waals surface area (Å²) in [6.45, 7) is 1.98. The molecule has 0 spiro atoms. The van der Waals surface area contributed by atoms with Crippen molar-refractivity contribution in [3.63, 3.8) is 0 Å². The predicted molar refractivity (Wildman–Crippen MR) is 72.2 cm³/mol. The van der Waals surface area contributed by atoms with Crippen LogP contribution in [0.15, 0.2) is 35.2 Å². The zero-order chi connectivity index (χ0) is 14.9. The van der Waals surface area contributed by atoms with Crippen LogP contribution in [0.25, 0.3) is 0 Å². The molecule has 0 unspecified atom stereocenters. The van der Waals surface area contributed by atoms with Gasteiger partial charge in [-0.3, -0.25) is 9.11 Å². The molecule has 0 saturated heterocycles. The van der Waals surface area contributed by atoms with Gasteiger partial charge in [-0.25, -0.2) is 0 Å². The molecule has 0 aromatic heterocycles. The molecule has 19 heavy (non-hydrogen) atoms. The lowest BCUT2D eigenvalue weighted by atomic mass is 10.3. The molecule has 1 aromatic carbocycles. The van der Waals surface area contributed by atoms with Gasteiger partial charge < -0.3 is 0 Å². The lowest BCUT2D eigenvalue weighted by molar-refractivity contribution is 0.478. The molecule has 0 atom stereocenters. The van der Waals surface area contributed by atoms with Gasteiger partial charge in [-0.2, -0.15) is 16.8 Å². The summed E-state index contributed by atoms with van der Waals surface area (Å²) in [6.07, 6.45) is 2.39. The second-order valence-corrected chi connectivity index (χ2v) is 6.77. The maximum Gasteiger partial charge on any atom is 0.294 e. The summed E-state index contributed by atoms with van der Waals surface area (Å²) in [5, 5.41) is 0. The zero-order valence-electron chi connectivity index (χ0n) is 10.6. The van der Waals surface area contributed by atoms with E-state index in [-0.39, 0.29) is 10.6 Å². The lowest BCUT2D eigenvalue weighted by Gasteiger charge is -1.92. The topological polar surface area (TPSA) is 109 Å². The largest absolute Gasteiger partial charge is 0.294 e. The van der Waals surface area contributed by atoms with E-state index in [2.05, 4.69) is 0 Å². The highest BCUT2D eigenvalue weighted by molar-refractivity contribution is 7.86. The van der Waals surface area contributed by atoms with E-state index in [1.807, 2.05) is 6.92 Å². The van der Waals surface area contributed by atoms with Gasteiger partial charge >= 0.3 is 0 Å². The highest BCUT2D eigenvalue weighted by Crippen LogP contribution is 2.05. The molecule has 110 valence electrons. The molecule has 0 heterocycles. The fraction of sp³-hybridized carbons (Fsp3) is 0.455. The van der Waals surface area contributed by atoms with Gasteiger partial charge in [-0.15, -0.1) is 0 Å². The number of hydrogen-bond acceptors (Lipinski definition) is 4. The van der Waals surface area contributed by atoms with Gasteiger partial charge in [0.15, 0.2) is 0 Å². The Bertz CT molecular complexity index is 548. The van der Waals surface area contributed by atoms with Crippen molar-refractivity contribution in [3.8, 4) is 0 Å². The first-order valence-electron chi connectivity index (χ1n) is 5.64. The first-order chi connectivity index (χ1) is 8.67. The smallest absolute Gasteiger partial charge is 0.286 e. The number of unbranched alkanes of at least 4 members (excludes halogenated alkanes) is 2. The maximum absolute atomic E-state index is 10.4. The van der Waals surface area contributed by atoms with Gasteiger partial charge in [0.05, 0.1) is 10.6 Å². The summed E-state index contributed by atoms with van der Waals surface area (Å²) < 4.78 is 57.6. The van der Waals surface area contributed by atoms with Crippen molar-refractivity contribution < 1.29 is 25.9 Å². The van der Waals surface area contributed by atoms with E-state index in [4.69, 9.17) is 9.11 Å². The molecule has 1 aromatic rings. The maximum atomic E-state index is 10.4. The molecule has 0 aliphatic carbocycles. The van der Waals surface area contributed by atoms with Gasteiger partial charge in [0.25, 0.3) is 20.2 Å². The van der Waals surface area contributed by atoms with Crippen LogP contribution in [-0.2, 0) is 20.2 Å². The van der Waals surface area contributed by atoms with E-state index < -0.39 is 20.2 Å². The second kappa shape index (κ2) is 8.26. The average Bonchev–Trinajstić information content (AvgIpc) is 2.29. The van der Waals surface area contributed by atoms with Crippen LogP contribution in [0.5, 0.6) is 0 Å². The first kappa shape index (κ1) is 18.0. The fourth-order valence-electron chi connectivity index (χ4n) is 1.13. The van der Waals surface area contributed by atoms with Gasteiger partial charge in [-0.05, 0) is 18.6 Å². The van der Waals surface area contributed by atoms with E-state index in [9.17, 15) is 16.8 Å². The van der Waals surface area contributed by atoms with Gasteiger partial charge in [0, 0.05) is 0 Å². The molecule has 1 rings (SSSR count). The monoisotopic (exact) mass is 310 g/mol. The minimum atomic E-state index is -4.00. The van der Waals surface area contributed by atoms with E-state index >= 15 is 0 Å². The summed E-state index contributed by atoms with van der Waals surface area (Å²) in [5.74, 6) is -0.0964. The highest BCUT2D eigenvalue weighted by Gasteiger charge is 2.05. The summed E-state index contributed by atoms with van der Waals surface area (Å²) in [4.78, 5) is -0.0741. The summed E-state index contributed by atoms with van der Waals surface area (Å²) in [7, 11) is -7.70. The average molecular weight is 310 g/mol. The Morgan fingerprint density at radius 3 is 1.79 bits per heavy atom. The van der Waals surface area contributed by atoms with E-state index in [0.29, 0.717) is 6.42 Å². The number of benzene rings is 1. The Morgan fingerprint density at radius 1 is 0.947 bits per heavy atom. The summed E-state index contributed by atoms with van der Waals surface area (Å²) >= 11 is 0. The predicted octanol–water partition coefficient (Wildman–Crippen LogP) is 2.00. The lowest BCUT2D eigenvalue weighted by Crippen LogP contribution is -2.02. The molecule has 0 aliphatic heterocycles. The third-order valence-electron chi connectivity index (χ3n) is 2.05. The van der Waals surface area contributed by atoms with Crippen molar-refractivity contribution in [3.05, 3.63) is 30.3 Å². The van der Waals surface area contributed by atoms with Crippen LogP contribution in [0.2, 0.25) is 0 Å². The summed E-state index contributed by atoms with van der Waals surface area (Å²) in [6, 6.07) is 7.42. The molecule has 0 amide bonds. The van der Waals surface area contributed by atoms with Crippen LogP contribution >= 0.6 is 0 Å². The van der Waals surface area contributed by atoms with Crippen LogP contribution in [0.1, 0.15) is 26.2 Å². The second-order valence-electron chi connectivity index (χ2n) is 3.78. The van der Waals surface area contributed by atoms with Crippen molar-refractivity contribution in [1.82, 2.24) is 0 Å². The molecule has 2 N–H and O–H groups in total. The Balaban J connectivity index is 0.000000344. The van der Waals surface area contributed by atoms with E-state index in [1.165, 1.54) is 12.1 Å². The molecular formula is C11H18O6S2. The van der Waals surface area contributed by atoms with Crippen molar-refractivity contribution >= 4 is 20.2 Å². The Hall–Kier alpha value is -0.960. The van der Waals surface area contributed by atoms with Crippen molar-refractivity contribution in [1.29, 1.82) is 0 Å². The van der Waals surface area contributed by atoms with Crippen molar-refractivity contribution in [2.45, 2.75) is 31.1 Å². The highest BCUT2D eigenvalue weighted by atomic mass is 32.2. The minimum Gasteiger partial charge on any atom is -0.286 e. The fourth-order valence-corrected chi connectivity index (χ4v) is 2.20. The standard InChI is InChI=1S/C6H6O3S.C5H12O3S/c7-10(8,9)6-4-2-1-3-5-6;1-2-3-4-5-9(6,7)8/h1-5H,(H,7,8,9);2-5H2,1H3,(H,6,7,8). The summed E-state index contributed by atoms with van der Waals surface area (Å²) in [5.41, 5.74) is 0. The van der Waals surface area contributed by atoms with Crippen molar-refractivity contribution in [2.75, 3.05) is 5.75 Å². The number of hydrogen-bond donors (Lipinski definition) is 2. The van der Waals surface area contributed by atoms with Crippen LogP contribution < -0.4 is 0 Å². The van der Waals surface area contributed by atoms with Crippen LogP contribution in [0.3, 0.4) is 0 Å². The minimum absolute atomic E-state index is 0.0741. The molecule has 0 aliphatic rings. The normalized spacial score (nSPS) is 11.5. The third kappa shape index (κ3) is 10.6. The van der Waals surface area contributed by atoms with Gasteiger partial charge in [0.2, 0.25) is 0 Å². The molecular weight excluding hydrogens is 292 g/mol. The molecule has 0 saturated carbocycles. The first-order valence-corrected chi connectivity index (χ1v) is 8.69. The van der Waals surface area contributed by atoms with Crippen LogP contribution in [-0.4, -0.2) is 31.7 Å². The molecule has 0 radical (unpaired) electrons. The Kier molecular flexibility index (Phi) is 7.84. The van der Waals surface area contributed by atoms with Gasteiger partial charge in [0.1, 0.15) is 0 Å². The van der Waals surface area contributed by atoms with Crippen molar-refractivity contribution in [2.24, 2.45) is 0 Å². The van der Waals surface area contributed by atoms with E-state index in [1.54, 1.807) is 18.2 Å².